The zero-order valence-electron chi connectivity index (χ0n) is 16.4. The molecule has 1 aromatic carbocycles. The summed E-state index contributed by atoms with van der Waals surface area (Å²) in [5.74, 6) is -0.827. The van der Waals surface area contributed by atoms with Gasteiger partial charge in [0.15, 0.2) is 0 Å². The number of benzene rings is 1. The molecule has 1 aliphatic rings. The molecule has 0 atom stereocenters. The molecule has 2 aromatic rings. The molecule has 2 heterocycles. The first-order valence-corrected chi connectivity index (χ1v) is 9.18. The summed E-state index contributed by atoms with van der Waals surface area (Å²) in [6, 6.07) is 7.78. The number of rotatable bonds is 5. The topological polar surface area (TPSA) is 80.6 Å². The van der Waals surface area contributed by atoms with E-state index in [-0.39, 0.29) is 5.57 Å². The molecule has 1 aliphatic heterocycles. The minimum atomic E-state index is -0.778. The van der Waals surface area contributed by atoms with Crippen molar-refractivity contribution in [2.45, 2.75) is 34.2 Å². The fourth-order valence-corrected chi connectivity index (χ4v) is 3.39. The number of urea groups is 1. The third-order valence-corrected chi connectivity index (χ3v) is 4.72. The highest BCUT2D eigenvalue weighted by molar-refractivity contribution is 6.39. The lowest BCUT2D eigenvalue weighted by atomic mass is 10.1. The lowest BCUT2D eigenvalue weighted by Gasteiger charge is -2.26. The Labute approximate surface area is 163 Å². The number of barbiturate groups is 1. The molecule has 1 aromatic heterocycles. The molecular formula is C21H23N3O4. The maximum absolute atomic E-state index is 13.0. The Hall–Kier alpha value is -3.35. The van der Waals surface area contributed by atoms with Gasteiger partial charge in [0.25, 0.3) is 11.8 Å². The van der Waals surface area contributed by atoms with Crippen molar-refractivity contribution in [3.05, 3.63) is 52.9 Å². The van der Waals surface area contributed by atoms with Gasteiger partial charge in [-0.1, -0.05) is 6.07 Å². The molecule has 0 aliphatic carbocycles. The highest BCUT2D eigenvalue weighted by Crippen LogP contribution is 2.26. The fraction of sp³-hybridized carbons (Fsp3) is 0.286. The van der Waals surface area contributed by atoms with Crippen LogP contribution in [0.25, 0.3) is 6.08 Å². The first-order chi connectivity index (χ1) is 13.4. The second-order valence-electron chi connectivity index (χ2n) is 6.46. The molecule has 0 unspecified atom stereocenters. The van der Waals surface area contributed by atoms with Crippen LogP contribution >= 0.6 is 0 Å². The Morgan fingerprint density at radius 3 is 2.50 bits per heavy atom. The summed E-state index contributed by atoms with van der Waals surface area (Å²) in [6.45, 7) is 9.02. The third-order valence-electron chi connectivity index (χ3n) is 4.72. The van der Waals surface area contributed by atoms with Gasteiger partial charge in [0.2, 0.25) is 0 Å². The van der Waals surface area contributed by atoms with Crippen LogP contribution in [0.1, 0.15) is 30.8 Å². The molecule has 0 saturated carbocycles. The second kappa shape index (κ2) is 7.72. The lowest BCUT2D eigenvalue weighted by Crippen LogP contribution is -2.54. The molecule has 1 fully saturated rings. The summed E-state index contributed by atoms with van der Waals surface area (Å²) in [7, 11) is 0. The van der Waals surface area contributed by atoms with Crippen molar-refractivity contribution in [2.75, 3.05) is 11.5 Å². The monoisotopic (exact) mass is 381 g/mol. The van der Waals surface area contributed by atoms with E-state index in [9.17, 15) is 14.4 Å². The van der Waals surface area contributed by atoms with Crippen LogP contribution in [0.5, 0.6) is 5.75 Å². The summed E-state index contributed by atoms with van der Waals surface area (Å²) in [5, 5.41) is 2.25. The van der Waals surface area contributed by atoms with E-state index in [0.717, 1.165) is 28.4 Å². The average Bonchev–Trinajstić information content (AvgIpc) is 2.92. The van der Waals surface area contributed by atoms with Gasteiger partial charge >= 0.3 is 6.03 Å². The number of aryl methyl sites for hydroxylation is 1. The number of nitrogens with zero attached hydrogens (tertiary/aromatic N) is 2. The van der Waals surface area contributed by atoms with Crippen LogP contribution in [0.4, 0.5) is 10.5 Å². The SMILES string of the molecule is CCOc1cccc(N2C(=O)NC(=O)/C(=C/c3cc(C)n(CC)c3C)C2=O)c1. The van der Waals surface area contributed by atoms with Crippen molar-refractivity contribution in [2.24, 2.45) is 0 Å². The average molecular weight is 381 g/mol. The second-order valence-corrected chi connectivity index (χ2v) is 6.46. The predicted molar refractivity (Wildman–Crippen MR) is 106 cm³/mol. The molecule has 7 heteroatoms. The zero-order chi connectivity index (χ0) is 20.4. The number of amides is 4. The lowest BCUT2D eigenvalue weighted by molar-refractivity contribution is -0.122. The third kappa shape index (κ3) is 3.43. The number of imide groups is 2. The van der Waals surface area contributed by atoms with Crippen LogP contribution < -0.4 is 15.0 Å². The van der Waals surface area contributed by atoms with E-state index in [2.05, 4.69) is 9.88 Å². The maximum Gasteiger partial charge on any atom is 0.335 e. The smallest absolute Gasteiger partial charge is 0.335 e. The summed E-state index contributed by atoms with van der Waals surface area (Å²) in [6.07, 6.45) is 1.54. The van der Waals surface area contributed by atoms with Crippen molar-refractivity contribution in [1.29, 1.82) is 0 Å². The number of hydrogen-bond acceptors (Lipinski definition) is 4. The van der Waals surface area contributed by atoms with Gasteiger partial charge in [-0.05, 0) is 57.5 Å². The van der Waals surface area contributed by atoms with Crippen molar-refractivity contribution < 1.29 is 19.1 Å². The maximum atomic E-state index is 13.0. The Morgan fingerprint density at radius 1 is 1.11 bits per heavy atom. The van der Waals surface area contributed by atoms with Gasteiger partial charge in [-0.25, -0.2) is 9.69 Å². The minimum absolute atomic E-state index is 0.0854. The van der Waals surface area contributed by atoms with E-state index in [1.54, 1.807) is 24.3 Å². The van der Waals surface area contributed by atoms with Crippen LogP contribution in [-0.2, 0) is 16.1 Å². The summed E-state index contributed by atoms with van der Waals surface area (Å²) >= 11 is 0. The van der Waals surface area contributed by atoms with E-state index in [1.165, 1.54) is 6.08 Å². The molecular weight excluding hydrogens is 358 g/mol. The Balaban J connectivity index is 2.02. The number of carbonyl (C=O) groups excluding carboxylic acids is 3. The van der Waals surface area contributed by atoms with Crippen molar-refractivity contribution >= 4 is 29.6 Å². The fourth-order valence-electron chi connectivity index (χ4n) is 3.39. The van der Waals surface area contributed by atoms with Gasteiger partial charge in [0, 0.05) is 24.0 Å². The van der Waals surface area contributed by atoms with Gasteiger partial charge in [-0.2, -0.15) is 0 Å². The molecule has 4 amide bonds. The minimum Gasteiger partial charge on any atom is -0.494 e. The van der Waals surface area contributed by atoms with Crippen molar-refractivity contribution in [3.8, 4) is 5.75 Å². The molecule has 28 heavy (non-hydrogen) atoms. The van der Waals surface area contributed by atoms with E-state index >= 15 is 0 Å². The number of aromatic nitrogens is 1. The molecule has 3 rings (SSSR count). The molecule has 7 nitrogen and oxygen atoms in total. The van der Waals surface area contributed by atoms with Crippen molar-refractivity contribution in [3.63, 3.8) is 0 Å². The van der Waals surface area contributed by atoms with E-state index in [1.807, 2.05) is 33.8 Å². The van der Waals surface area contributed by atoms with E-state index in [4.69, 9.17) is 4.74 Å². The van der Waals surface area contributed by atoms with Crippen molar-refractivity contribution in [1.82, 2.24) is 9.88 Å². The van der Waals surface area contributed by atoms with Crippen LogP contribution in [0.3, 0.4) is 0 Å². The highest BCUT2D eigenvalue weighted by Gasteiger charge is 2.37. The van der Waals surface area contributed by atoms with Gasteiger partial charge in [0.05, 0.1) is 12.3 Å². The summed E-state index contributed by atoms with van der Waals surface area (Å²) in [5.41, 5.74) is 3.02. The summed E-state index contributed by atoms with van der Waals surface area (Å²) < 4.78 is 7.53. The molecule has 146 valence electrons. The van der Waals surface area contributed by atoms with Crippen LogP contribution in [0.2, 0.25) is 0 Å². The Kier molecular flexibility index (Phi) is 5.35. The number of carbonyl (C=O) groups is 3. The number of ether oxygens (including phenoxy) is 1. The normalized spacial score (nSPS) is 15.9. The first-order valence-electron chi connectivity index (χ1n) is 9.18. The van der Waals surface area contributed by atoms with Gasteiger partial charge in [-0.3, -0.25) is 14.9 Å². The van der Waals surface area contributed by atoms with Crippen LogP contribution in [0.15, 0.2) is 35.9 Å². The predicted octanol–water partition coefficient (Wildman–Crippen LogP) is 3.19. The van der Waals surface area contributed by atoms with E-state index in [0.29, 0.717) is 18.0 Å². The highest BCUT2D eigenvalue weighted by atomic mass is 16.5. The standard InChI is InChI=1S/C21H23N3O4/c1-5-23-13(3)10-15(14(23)4)11-18-19(25)22-21(27)24(20(18)26)16-8-7-9-17(12-16)28-6-2/h7-12H,5-6H2,1-4H3,(H,22,25,27)/b18-11-. The van der Waals surface area contributed by atoms with Crippen LogP contribution in [-0.4, -0.2) is 29.0 Å². The van der Waals surface area contributed by atoms with E-state index < -0.39 is 17.8 Å². The molecule has 0 spiro atoms. The zero-order valence-corrected chi connectivity index (χ0v) is 16.4. The Morgan fingerprint density at radius 2 is 1.86 bits per heavy atom. The van der Waals surface area contributed by atoms with Gasteiger partial charge in [-0.15, -0.1) is 0 Å². The summed E-state index contributed by atoms with van der Waals surface area (Å²) in [4.78, 5) is 38.7. The van der Waals surface area contributed by atoms with Gasteiger partial charge in [0.1, 0.15) is 11.3 Å². The molecule has 0 bridgehead atoms. The molecule has 1 saturated heterocycles. The molecule has 1 N–H and O–H groups in total. The van der Waals surface area contributed by atoms with Gasteiger partial charge < -0.3 is 9.30 Å². The number of nitrogens with one attached hydrogen (secondary N) is 1. The quantitative estimate of drug-likeness (QED) is 0.637. The number of hydrogen-bond donors (Lipinski definition) is 1. The largest absolute Gasteiger partial charge is 0.494 e. The van der Waals surface area contributed by atoms with Crippen LogP contribution in [0, 0.1) is 13.8 Å². The first kappa shape index (κ1) is 19.4. The number of anilines is 1. The Bertz CT molecular complexity index is 988. The molecule has 0 radical (unpaired) electrons.